The maximum absolute atomic E-state index is 12.6. The van der Waals surface area contributed by atoms with Gasteiger partial charge in [0.15, 0.2) is 0 Å². The number of carbonyl (C=O) groups excluding carboxylic acids is 2. The summed E-state index contributed by atoms with van der Waals surface area (Å²) in [5.41, 5.74) is 2.11. The van der Waals surface area contributed by atoms with E-state index in [0.29, 0.717) is 30.0 Å². The summed E-state index contributed by atoms with van der Waals surface area (Å²) in [6, 6.07) is 9.40. The summed E-state index contributed by atoms with van der Waals surface area (Å²) >= 11 is 0. The maximum Gasteiger partial charge on any atom is 0.340 e. The summed E-state index contributed by atoms with van der Waals surface area (Å²) in [6.45, 7) is 2.54. The highest BCUT2D eigenvalue weighted by molar-refractivity contribution is 6.16. The molecule has 1 aromatic rings. The molecule has 116 valence electrons. The standard InChI is InChI=1S/C17H19NO4/c1-12-15(17(20)22-3)14(11-13-7-5-4-6-8-13)16(19)18(12)9-10-21-2/h4-8,11H,9-10H2,1-3H3. The Morgan fingerprint density at radius 3 is 2.50 bits per heavy atom. The fourth-order valence-electron chi connectivity index (χ4n) is 2.40. The zero-order valence-electron chi connectivity index (χ0n) is 13.0. The Kier molecular flexibility index (Phi) is 5.12. The average molecular weight is 301 g/mol. The molecule has 22 heavy (non-hydrogen) atoms. The molecule has 0 radical (unpaired) electrons. The third kappa shape index (κ3) is 3.09. The van der Waals surface area contributed by atoms with E-state index in [-0.39, 0.29) is 5.91 Å². The first-order chi connectivity index (χ1) is 10.6. The molecular formula is C17H19NO4. The van der Waals surface area contributed by atoms with Gasteiger partial charge in [-0.3, -0.25) is 4.79 Å². The highest BCUT2D eigenvalue weighted by Crippen LogP contribution is 2.31. The second-order valence-corrected chi connectivity index (χ2v) is 4.87. The molecule has 1 aromatic carbocycles. The van der Waals surface area contributed by atoms with Crippen molar-refractivity contribution < 1.29 is 19.1 Å². The number of ether oxygens (including phenoxy) is 2. The molecule has 0 aliphatic carbocycles. The summed E-state index contributed by atoms with van der Waals surface area (Å²) in [6.07, 6.45) is 1.71. The van der Waals surface area contributed by atoms with Crippen LogP contribution in [-0.4, -0.2) is 44.1 Å². The van der Waals surface area contributed by atoms with Crippen molar-refractivity contribution in [2.24, 2.45) is 0 Å². The molecule has 0 spiro atoms. The van der Waals surface area contributed by atoms with E-state index in [4.69, 9.17) is 9.47 Å². The van der Waals surface area contributed by atoms with Crippen LogP contribution in [0.1, 0.15) is 12.5 Å². The molecule has 0 aromatic heterocycles. The van der Waals surface area contributed by atoms with E-state index in [1.807, 2.05) is 30.3 Å². The van der Waals surface area contributed by atoms with Crippen LogP contribution >= 0.6 is 0 Å². The molecule has 0 saturated carbocycles. The van der Waals surface area contributed by atoms with Gasteiger partial charge in [-0.1, -0.05) is 30.3 Å². The van der Waals surface area contributed by atoms with Gasteiger partial charge < -0.3 is 14.4 Å². The minimum Gasteiger partial charge on any atom is -0.465 e. The van der Waals surface area contributed by atoms with Gasteiger partial charge in [0.25, 0.3) is 5.91 Å². The number of methoxy groups -OCH3 is 2. The van der Waals surface area contributed by atoms with Crippen molar-refractivity contribution in [2.75, 3.05) is 27.4 Å². The van der Waals surface area contributed by atoms with E-state index in [1.165, 1.54) is 7.11 Å². The summed E-state index contributed by atoms with van der Waals surface area (Å²) < 4.78 is 9.85. The van der Waals surface area contributed by atoms with Crippen LogP contribution in [0.2, 0.25) is 0 Å². The average Bonchev–Trinajstić information content (AvgIpc) is 2.76. The highest BCUT2D eigenvalue weighted by Gasteiger charge is 2.36. The molecular weight excluding hydrogens is 282 g/mol. The fourth-order valence-corrected chi connectivity index (χ4v) is 2.40. The second-order valence-electron chi connectivity index (χ2n) is 4.87. The molecule has 1 aliphatic rings. The Morgan fingerprint density at radius 2 is 1.91 bits per heavy atom. The lowest BCUT2D eigenvalue weighted by Crippen LogP contribution is -2.28. The molecule has 0 unspecified atom stereocenters. The summed E-state index contributed by atoms with van der Waals surface area (Å²) in [5.74, 6) is -0.716. The van der Waals surface area contributed by atoms with Crippen LogP contribution in [0, 0.1) is 0 Å². The molecule has 1 aliphatic heterocycles. The molecule has 0 N–H and O–H groups in total. The first kappa shape index (κ1) is 16.0. The van der Waals surface area contributed by atoms with Gasteiger partial charge in [-0.2, -0.15) is 0 Å². The highest BCUT2D eigenvalue weighted by atomic mass is 16.5. The Morgan fingerprint density at radius 1 is 1.23 bits per heavy atom. The number of hydrogen-bond acceptors (Lipinski definition) is 4. The Balaban J connectivity index is 2.45. The van der Waals surface area contributed by atoms with E-state index >= 15 is 0 Å². The Hall–Kier alpha value is -2.40. The normalized spacial score (nSPS) is 16.6. The lowest BCUT2D eigenvalue weighted by Gasteiger charge is -2.16. The van der Waals surface area contributed by atoms with Crippen molar-refractivity contribution in [3.8, 4) is 0 Å². The molecule has 0 atom stereocenters. The van der Waals surface area contributed by atoms with Gasteiger partial charge in [-0.25, -0.2) is 4.79 Å². The van der Waals surface area contributed by atoms with Crippen molar-refractivity contribution in [1.29, 1.82) is 0 Å². The minimum atomic E-state index is -0.507. The number of allylic oxidation sites excluding steroid dienone is 1. The number of esters is 1. The third-order valence-corrected chi connectivity index (χ3v) is 3.53. The first-order valence-corrected chi connectivity index (χ1v) is 6.97. The molecule has 1 heterocycles. The molecule has 5 heteroatoms. The lowest BCUT2D eigenvalue weighted by atomic mass is 10.0. The van der Waals surface area contributed by atoms with E-state index in [1.54, 1.807) is 25.0 Å². The smallest absolute Gasteiger partial charge is 0.340 e. The van der Waals surface area contributed by atoms with Gasteiger partial charge in [-0.15, -0.1) is 0 Å². The molecule has 0 fully saturated rings. The Labute approximate surface area is 129 Å². The van der Waals surface area contributed by atoms with Crippen LogP contribution in [-0.2, 0) is 19.1 Å². The molecule has 0 saturated heterocycles. The predicted molar refractivity (Wildman–Crippen MR) is 82.7 cm³/mol. The molecule has 0 bridgehead atoms. The number of amides is 1. The van der Waals surface area contributed by atoms with E-state index in [2.05, 4.69) is 0 Å². The van der Waals surface area contributed by atoms with Crippen LogP contribution in [0.5, 0.6) is 0 Å². The zero-order chi connectivity index (χ0) is 16.1. The zero-order valence-corrected chi connectivity index (χ0v) is 13.0. The number of nitrogens with zero attached hydrogens (tertiary/aromatic N) is 1. The molecule has 1 amide bonds. The van der Waals surface area contributed by atoms with Gasteiger partial charge in [0.1, 0.15) is 0 Å². The van der Waals surface area contributed by atoms with Crippen LogP contribution in [0.25, 0.3) is 6.08 Å². The number of carbonyl (C=O) groups is 2. The maximum atomic E-state index is 12.6. The van der Waals surface area contributed by atoms with Crippen molar-refractivity contribution >= 4 is 18.0 Å². The SMILES string of the molecule is COCCN1C(=O)C(=Cc2ccccc2)C(C(=O)OC)=C1C. The van der Waals surface area contributed by atoms with Gasteiger partial charge >= 0.3 is 5.97 Å². The lowest BCUT2D eigenvalue weighted by molar-refractivity contribution is -0.136. The first-order valence-electron chi connectivity index (χ1n) is 6.97. The van der Waals surface area contributed by atoms with Gasteiger partial charge in [-0.05, 0) is 18.6 Å². The van der Waals surface area contributed by atoms with Crippen molar-refractivity contribution in [2.45, 2.75) is 6.92 Å². The summed E-state index contributed by atoms with van der Waals surface area (Å²) in [5, 5.41) is 0. The number of hydrogen-bond donors (Lipinski definition) is 0. The third-order valence-electron chi connectivity index (χ3n) is 3.53. The monoisotopic (exact) mass is 301 g/mol. The molecule has 5 nitrogen and oxygen atoms in total. The number of benzene rings is 1. The van der Waals surface area contributed by atoms with Crippen molar-refractivity contribution in [1.82, 2.24) is 4.90 Å². The van der Waals surface area contributed by atoms with Crippen LogP contribution in [0.15, 0.2) is 47.2 Å². The van der Waals surface area contributed by atoms with Crippen molar-refractivity contribution in [3.05, 3.63) is 52.7 Å². The quantitative estimate of drug-likeness (QED) is 0.616. The summed E-state index contributed by atoms with van der Waals surface area (Å²) in [7, 11) is 2.88. The fraction of sp³-hybridized carbons (Fsp3) is 0.294. The Bertz CT molecular complexity index is 631. The van der Waals surface area contributed by atoms with Crippen LogP contribution < -0.4 is 0 Å². The van der Waals surface area contributed by atoms with Gasteiger partial charge in [0, 0.05) is 19.4 Å². The predicted octanol–water partition coefficient (Wildman–Crippen LogP) is 2.01. The van der Waals surface area contributed by atoms with Gasteiger partial charge in [0.2, 0.25) is 0 Å². The summed E-state index contributed by atoms with van der Waals surface area (Å²) in [4.78, 5) is 26.2. The van der Waals surface area contributed by atoms with Gasteiger partial charge in [0.05, 0.1) is 24.9 Å². The van der Waals surface area contributed by atoms with E-state index in [9.17, 15) is 9.59 Å². The van der Waals surface area contributed by atoms with E-state index in [0.717, 1.165) is 5.56 Å². The van der Waals surface area contributed by atoms with E-state index < -0.39 is 5.97 Å². The van der Waals surface area contributed by atoms with Crippen LogP contribution in [0.4, 0.5) is 0 Å². The topological polar surface area (TPSA) is 55.8 Å². The largest absolute Gasteiger partial charge is 0.465 e. The minimum absolute atomic E-state index is 0.209. The van der Waals surface area contributed by atoms with Crippen molar-refractivity contribution in [3.63, 3.8) is 0 Å². The second kappa shape index (κ2) is 7.04. The van der Waals surface area contributed by atoms with Crippen LogP contribution in [0.3, 0.4) is 0 Å². The number of rotatable bonds is 5. The molecule has 2 rings (SSSR count).